The second kappa shape index (κ2) is 10.4. The van der Waals surface area contributed by atoms with Crippen molar-refractivity contribution >= 4 is 27.7 Å². The van der Waals surface area contributed by atoms with Crippen molar-refractivity contribution in [3.8, 4) is 5.75 Å². The summed E-state index contributed by atoms with van der Waals surface area (Å²) in [6.45, 7) is 9.72. The van der Waals surface area contributed by atoms with Gasteiger partial charge in [-0.1, -0.05) is 40.2 Å². The first-order valence-corrected chi connectivity index (χ1v) is 10.5. The van der Waals surface area contributed by atoms with E-state index in [1.54, 1.807) is 11.8 Å². The van der Waals surface area contributed by atoms with Crippen molar-refractivity contribution in [2.45, 2.75) is 53.2 Å². The second-order valence-electron chi connectivity index (χ2n) is 7.49. The molecule has 0 radical (unpaired) electrons. The van der Waals surface area contributed by atoms with E-state index in [1.165, 1.54) is 0 Å². The summed E-state index contributed by atoms with van der Waals surface area (Å²) in [5, 5.41) is 2.89. The number of amides is 2. The van der Waals surface area contributed by atoms with Crippen LogP contribution in [0.25, 0.3) is 0 Å². The third-order valence-electron chi connectivity index (χ3n) is 4.69. The minimum atomic E-state index is -0.611. The lowest BCUT2D eigenvalue weighted by Crippen LogP contribution is -2.50. The van der Waals surface area contributed by atoms with Crippen LogP contribution in [0.4, 0.5) is 0 Å². The third kappa shape index (κ3) is 6.60. The van der Waals surface area contributed by atoms with Crippen LogP contribution in [0, 0.1) is 13.8 Å². The van der Waals surface area contributed by atoms with Gasteiger partial charge in [-0.2, -0.15) is 0 Å². The summed E-state index contributed by atoms with van der Waals surface area (Å²) in [6.07, 6.45) is 0. The number of ether oxygens (including phenoxy) is 1. The molecular formula is C23H29BrN2O3. The lowest BCUT2D eigenvalue weighted by molar-refractivity contribution is -0.142. The molecule has 0 unspecified atom stereocenters. The number of carbonyl (C=O) groups excluding carboxylic acids is 2. The molecule has 2 amide bonds. The summed E-state index contributed by atoms with van der Waals surface area (Å²) >= 11 is 3.46. The van der Waals surface area contributed by atoms with Gasteiger partial charge in [0.05, 0.1) is 0 Å². The summed E-state index contributed by atoms with van der Waals surface area (Å²) < 4.78 is 6.70. The fourth-order valence-electron chi connectivity index (χ4n) is 2.89. The van der Waals surface area contributed by atoms with E-state index in [4.69, 9.17) is 4.74 Å². The van der Waals surface area contributed by atoms with Crippen LogP contribution in [0.1, 0.15) is 37.5 Å². The van der Waals surface area contributed by atoms with Crippen LogP contribution in [0.2, 0.25) is 0 Å². The minimum absolute atomic E-state index is 0.00218. The van der Waals surface area contributed by atoms with Gasteiger partial charge in [-0.05, 0) is 69.5 Å². The van der Waals surface area contributed by atoms with Gasteiger partial charge in [0, 0.05) is 17.1 Å². The van der Waals surface area contributed by atoms with Crippen LogP contribution in [-0.4, -0.2) is 35.4 Å². The van der Waals surface area contributed by atoms with Crippen LogP contribution in [0.15, 0.2) is 46.9 Å². The third-order valence-corrected chi connectivity index (χ3v) is 5.58. The van der Waals surface area contributed by atoms with E-state index in [0.717, 1.165) is 21.2 Å². The van der Waals surface area contributed by atoms with Crippen LogP contribution < -0.4 is 10.1 Å². The monoisotopic (exact) mass is 460 g/mol. The molecule has 156 valence electrons. The largest absolute Gasteiger partial charge is 0.484 e. The van der Waals surface area contributed by atoms with E-state index in [2.05, 4.69) is 21.2 Å². The van der Waals surface area contributed by atoms with Crippen molar-refractivity contribution in [3.63, 3.8) is 0 Å². The Bertz CT molecular complexity index is 867. The Labute approximate surface area is 181 Å². The lowest BCUT2D eigenvalue weighted by Gasteiger charge is -2.29. The molecule has 0 aliphatic carbocycles. The molecule has 0 saturated carbocycles. The molecule has 0 aromatic heterocycles. The predicted molar refractivity (Wildman–Crippen MR) is 119 cm³/mol. The first kappa shape index (κ1) is 22.9. The number of hydrogen-bond donors (Lipinski definition) is 1. The molecule has 0 spiro atoms. The maximum atomic E-state index is 13.0. The average Bonchev–Trinajstić information content (AvgIpc) is 2.67. The fraction of sp³-hybridized carbons (Fsp3) is 0.391. The topological polar surface area (TPSA) is 58.6 Å². The van der Waals surface area contributed by atoms with Gasteiger partial charge in [0.1, 0.15) is 11.8 Å². The molecule has 0 aliphatic rings. The van der Waals surface area contributed by atoms with Crippen molar-refractivity contribution in [3.05, 3.63) is 63.6 Å². The Morgan fingerprint density at radius 1 is 1.07 bits per heavy atom. The molecule has 29 heavy (non-hydrogen) atoms. The lowest BCUT2D eigenvalue weighted by atomic mass is 10.1. The number of nitrogens with one attached hydrogen (secondary N) is 1. The highest BCUT2D eigenvalue weighted by molar-refractivity contribution is 9.10. The molecule has 2 rings (SSSR count). The van der Waals surface area contributed by atoms with Crippen molar-refractivity contribution in [2.75, 3.05) is 6.61 Å². The predicted octanol–water partition coefficient (Wildman–Crippen LogP) is 4.39. The maximum absolute atomic E-state index is 13.0. The van der Waals surface area contributed by atoms with Crippen molar-refractivity contribution < 1.29 is 14.3 Å². The van der Waals surface area contributed by atoms with E-state index in [-0.39, 0.29) is 24.5 Å². The smallest absolute Gasteiger partial charge is 0.261 e. The Balaban J connectivity index is 2.18. The van der Waals surface area contributed by atoms with E-state index in [9.17, 15) is 9.59 Å². The first-order valence-electron chi connectivity index (χ1n) is 9.72. The quantitative estimate of drug-likeness (QED) is 0.635. The first-order chi connectivity index (χ1) is 13.7. The Morgan fingerprint density at radius 3 is 2.38 bits per heavy atom. The summed E-state index contributed by atoms with van der Waals surface area (Å²) in [6, 6.07) is 12.8. The molecule has 2 aromatic carbocycles. The molecular weight excluding hydrogens is 432 g/mol. The zero-order valence-electron chi connectivity index (χ0n) is 17.7. The van der Waals surface area contributed by atoms with Crippen LogP contribution >= 0.6 is 15.9 Å². The van der Waals surface area contributed by atoms with Crippen molar-refractivity contribution in [1.82, 2.24) is 10.2 Å². The molecule has 0 saturated heterocycles. The number of carbonyl (C=O) groups is 2. The second-order valence-corrected chi connectivity index (χ2v) is 8.34. The van der Waals surface area contributed by atoms with Gasteiger partial charge in [-0.25, -0.2) is 0 Å². The molecule has 0 aliphatic heterocycles. The number of halogens is 1. The van der Waals surface area contributed by atoms with Crippen molar-refractivity contribution in [1.29, 1.82) is 0 Å². The number of nitrogens with zero attached hydrogens (tertiary/aromatic N) is 1. The fourth-order valence-corrected chi connectivity index (χ4v) is 3.14. The van der Waals surface area contributed by atoms with Gasteiger partial charge < -0.3 is 15.0 Å². The Kier molecular flexibility index (Phi) is 8.26. The molecule has 0 bridgehead atoms. The highest BCUT2D eigenvalue weighted by atomic mass is 79.9. The normalized spacial score (nSPS) is 11.8. The van der Waals surface area contributed by atoms with Gasteiger partial charge in [-0.3, -0.25) is 9.59 Å². The molecule has 1 N–H and O–H groups in total. The van der Waals surface area contributed by atoms with E-state index in [1.807, 2.05) is 70.2 Å². The minimum Gasteiger partial charge on any atom is -0.484 e. The van der Waals surface area contributed by atoms with Crippen LogP contribution in [0.5, 0.6) is 5.75 Å². The van der Waals surface area contributed by atoms with Gasteiger partial charge in [0.15, 0.2) is 6.61 Å². The van der Waals surface area contributed by atoms with E-state index >= 15 is 0 Å². The van der Waals surface area contributed by atoms with Gasteiger partial charge in [-0.15, -0.1) is 0 Å². The van der Waals surface area contributed by atoms with E-state index in [0.29, 0.717) is 12.3 Å². The maximum Gasteiger partial charge on any atom is 0.261 e. The summed E-state index contributed by atoms with van der Waals surface area (Å²) in [4.78, 5) is 27.2. The molecule has 6 heteroatoms. The van der Waals surface area contributed by atoms with Crippen molar-refractivity contribution in [2.24, 2.45) is 0 Å². The molecule has 0 fully saturated rings. The number of aryl methyl sites for hydroxylation is 2. The summed E-state index contributed by atoms with van der Waals surface area (Å²) in [5.41, 5.74) is 3.10. The highest BCUT2D eigenvalue weighted by Crippen LogP contribution is 2.22. The van der Waals surface area contributed by atoms with Gasteiger partial charge in [0.25, 0.3) is 5.91 Å². The highest BCUT2D eigenvalue weighted by Gasteiger charge is 2.27. The zero-order chi connectivity index (χ0) is 21.6. The van der Waals surface area contributed by atoms with Gasteiger partial charge >= 0.3 is 0 Å². The van der Waals surface area contributed by atoms with E-state index < -0.39 is 6.04 Å². The summed E-state index contributed by atoms with van der Waals surface area (Å²) in [5.74, 6) is 0.204. The number of rotatable bonds is 8. The zero-order valence-corrected chi connectivity index (χ0v) is 19.2. The SMILES string of the molecule is Cc1cc(OCC(=O)N(Cc2ccccc2C)[C@H](C)C(=O)NC(C)C)ccc1Br. The average molecular weight is 461 g/mol. The summed E-state index contributed by atoms with van der Waals surface area (Å²) in [7, 11) is 0. The Hall–Kier alpha value is -2.34. The van der Waals surface area contributed by atoms with Crippen LogP contribution in [-0.2, 0) is 16.1 Å². The number of hydrogen-bond acceptors (Lipinski definition) is 3. The standard InChI is InChI=1S/C23H29BrN2O3/c1-15(2)25-23(28)18(5)26(13-19-9-7-6-8-16(19)3)22(27)14-29-20-10-11-21(24)17(4)12-20/h6-12,15,18H,13-14H2,1-5H3,(H,25,28)/t18-/m1/s1. The Morgan fingerprint density at radius 2 is 1.76 bits per heavy atom. The molecule has 2 aromatic rings. The number of benzene rings is 2. The molecule has 1 atom stereocenters. The molecule has 0 heterocycles. The van der Waals surface area contributed by atoms with Crippen LogP contribution in [0.3, 0.4) is 0 Å². The van der Waals surface area contributed by atoms with Gasteiger partial charge in [0.2, 0.25) is 5.91 Å². The molecule has 5 nitrogen and oxygen atoms in total.